The highest BCUT2D eigenvalue weighted by Crippen LogP contribution is 2.37. The van der Waals surface area contributed by atoms with E-state index in [0.717, 1.165) is 15.6 Å². The van der Waals surface area contributed by atoms with Crippen LogP contribution in [-0.4, -0.2) is 28.9 Å². The van der Waals surface area contributed by atoms with Gasteiger partial charge in [-0.1, -0.05) is 28.1 Å². The summed E-state index contributed by atoms with van der Waals surface area (Å²) in [6, 6.07) is 5.35. The van der Waals surface area contributed by atoms with Gasteiger partial charge in [-0.2, -0.15) is 0 Å². The number of piperidine rings is 1. The highest BCUT2D eigenvalue weighted by Gasteiger charge is 2.38. The van der Waals surface area contributed by atoms with E-state index in [1.807, 2.05) is 25.1 Å². The number of likely N-dealkylation sites (tertiary alicyclic amines) is 1. The molecule has 2 unspecified atom stereocenters. The number of benzene rings is 1. The van der Waals surface area contributed by atoms with Crippen molar-refractivity contribution in [2.75, 3.05) is 7.05 Å². The molecule has 102 valence electrons. The number of nitrogens with zero attached hydrogens (tertiary/aromatic N) is 1. The number of hydrogen-bond acceptors (Lipinski definition) is 2. The first-order valence-electron chi connectivity index (χ1n) is 6.16. The van der Waals surface area contributed by atoms with Crippen molar-refractivity contribution in [2.45, 2.75) is 25.8 Å². The maximum Gasteiger partial charge on any atom is 0.308 e. The highest BCUT2D eigenvalue weighted by molar-refractivity contribution is 9.10. The molecule has 1 aliphatic rings. The Morgan fingerprint density at radius 1 is 1.47 bits per heavy atom. The molecular weight excluding hydrogens is 310 g/mol. The van der Waals surface area contributed by atoms with E-state index >= 15 is 0 Å². The van der Waals surface area contributed by atoms with Crippen LogP contribution < -0.4 is 0 Å². The normalized spacial score (nSPS) is 23.5. The summed E-state index contributed by atoms with van der Waals surface area (Å²) < 4.78 is 0.931. The predicted molar refractivity (Wildman–Crippen MR) is 74.7 cm³/mol. The van der Waals surface area contributed by atoms with Crippen LogP contribution in [0, 0.1) is 12.8 Å². The van der Waals surface area contributed by atoms with Crippen LogP contribution in [0.1, 0.15) is 30.0 Å². The Morgan fingerprint density at radius 2 is 2.16 bits per heavy atom. The van der Waals surface area contributed by atoms with E-state index in [0.29, 0.717) is 12.8 Å². The molecule has 1 saturated heterocycles. The van der Waals surface area contributed by atoms with Gasteiger partial charge in [0.1, 0.15) is 0 Å². The monoisotopic (exact) mass is 325 g/mol. The van der Waals surface area contributed by atoms with Crippen molar-refractivity contribution in [3.05, 3.63) is 33.8 Å². The molecule has 2 atom stereocenters. The Morgan fingerprint density at radius 3 is 2.74 bits per heavy atom. The molecular formula is C14H16BrNO3. The van der Waals surface area contributed by atoms with Crippen molar-refractivity contribution >= 4 is 27.8 Å². The standard InChI is InChI=1S/C14H16BrNO3/c1-8-3-4-9(7-11(8)15)13-10(14(18)19)5-6-12(17)16(13)2/h3-4,7,10,13H,5-6H2,1-2H3,(H,18,19). The molecule has 4 nitrogen and oxygen atoms in total. The van der Waals surface area contributed by atoms with Crippen LogP contribution in [0.15, 0.2) is 22.7 Å². The fourth-order valence-corrected chi connectivity index (χ4v) is 2.94. The van der Waals surface area contributed by atoms with Gasteiger partial charge in [0.25, 0.3) is 0 Å². The third-order valence-corrected chi connectivity index (χ3v) is 4.57. The minimum atomic E-state index is -0.846. The Balaban J connectivity index is 2.43. The molecule has 0 aliphatic carbocycles. The number of amides is 1. The van der Waals surface area contributed by atoms with Gasteiger partial charge in [0.2, 0.25) is 5.91 Å². The van der Waals surface area contributed by atoms with Crippen molar-refractivity contribution in [3.8, 4) is 0 Å². The van der Waals surface area contributed by atoms with Crippen LogP contribution in [-0.2, 0) is 9.59 Å². The number of carbonyl (C=O) groups is 2. The van der Waals surface area contributed by atoms with Crippen molar-refractivity contribution in [1.82, 2.24) is 4.90 Å². The number of carbonyl (C=O) groups excluding carboxylic acids is 1. The summed E-state index contributed by atoms with van der Waals surface area (Å²) in [6.45, 7) is 1.97. The van der Waals surface area contributed by atoms with Crippen molar-refractivity contribution < 1.29 is 14.7 Å². The number of rotatable bonds is 2. The molecule has 0 radical (unpaired) electrons. The van der Waals surface area contributed by atoms with Crippen LogP contribution >= 0.6 is 15.9 Å². The molecule has 1 N–H and O–H groups in total. The lowest BCUT2D eigenvalue weighted by Gasteiger charge is -2.37. The molecule has 2 rings (SSSR count). The number of aryl methyl sites for hydroxylation is 1. The molecule has 1 amide bonds. The molecule has 0 spiro atoms. The van der Waals surface area contributed by atoms with Crippen molar-refractivity contribution in [2.24, 2.45) is 5.92 Å². The average molecular weight is 326 g/mol. The van der Waals surface area contributed by atoms with Gasteiger partial charge in [-0.3, -0.25) is 9.59 Å². The lowest BCUT2D eigenvalue weighted by Crippen LogP contribution is -2.43. The summed E-state index contributed by atoms with van der Waals surface area (Å²) in [5.41, 5.74) is 1.95. The van der Waals surface area contributed by atoms with Gasteiger partial charge in [0.15, 0.2) is 0 Å². The maximum atomic E-state index is 11.8. The van der Waals surface area contributed by atoms with E-state index in [2.05, 4.69) is 15.9 Å². The fourth-order valence-electron chi connectivity index (χ4n) is 2.55. The SMILES string of the molecule is Cc1ccc(C2C(C(=O)O)CCC(=O)N2C)cc1Br. The van der Waals surface area contributed by atoms with Gasteiger partial charge < -0.3 is 10.0 Å². The number of halogens is 1. The Bertz CT molecular complexity index is 529. The first-order valence-corrected chi connectivity index (χ1v) is 6.95. The largest absolute Gasteiger partial charge is 0.481 e. The molecule has 1 heterocycles. The summed E-state index contributed by atoms with van der Waals surface area (Å²) in [7, 11) is 1.68. The molecule has 1 fully saturated rings. The van der Waals surface area contributed by atoms with E-state index in [1.165, 1.54) is 0 Å². The molecule has 5 heteroatoms. The van der Waals surface area contributed by atoms with E-state index in [1.54, 1.807) is 11.9 Å². The van der Waals surface area contributed by atoms with Gasteiger partial charge in [0.05, 0.1) is 12.0 Å². The lowest BCUT2D eigenvalue weighted by atomic mass is 9.84. The highest BCUT2D eigenvalue weighted by atomic mass is 79.9. The summed E-state index contributed by atoms with van der Waals surface area (Å²) in [4.78, 5) is 24.8. The van der Waals surface area contributed by atoms with Gasteiger partial charge in [0, 0.05) is 17.9 Å². The number of hydrogen-bond donors (Lipinski definition) is 1. The Kier molecular flexibility index (Phi) is 3.94. The second-order valence-corrected chi connectivity index (χ2v) is 5.80. The number of aliphatic carboxylic acids is 1. The Hall–Kier alpha value is -1.36. The van der Waals surface area contributed by atoms with E-state index in [9.17, 15) is 14.7 Å². The van der Waals surface area contributed by atoms with Gasteiger partial charge in [-0.15, -0.1) is 0 Å². The molecule has 1 aliphatic heterocycles. The summed E-state index contributed by atoms with van der Waals surface area (Å²) >= 11 is 3.45. The van der Waals surface area contributed by atoms with Crippen LogP contribution in [0.2, 0.25) is 0 Å². The second-order valence-electron chi connectivity index (χ2n) is 4.94. The average Bonchev–Trinajstić information content (AvgIpc) is 2.35. The first-order chi connectivity index (χ1) is 8.91. The second kappa shape index (κ2) is 5.33. The van der Waals surface area contributed by atoms with Crippen LogP contribution in [0.4, 0.5) is 0 Å². The first kappa shape index (κ1) is 14.1. The van der Waals surface area contributed by atoms with Gasteiger partial charge in [-0.25, -0.2) is 0 Å². The number of carboxylic acid groups (broad SMARTS) is 1. The number of carboxylic acids is 1. The smallest absolute Gasteiger partial charge is 0.308 e. The third kappa shape index (κ3) is 2.66. The van der Waals surface area contributed by atoms with Crippen molar-refractivity contribution in [3.63, 3.8) is 0 Å². The zero-order chi connectivity index (χ0) is 14.2. The van der Waals surface area contributed by atoms with Crippen LogP contribution in [0.5, 0.6) is 0 Å². The summed E-state index contributed by atoms with van der Waals surface area (Å²) in [5.74, 6) is -1.39. The van der Waals surface area contributed by atoms with Crippen molar-refractivity contribution in [1.29, 1.82) is 0 Å². The molecule has 0 bridgehead atoms. The van der Waals surface area contributed by atoms with Gasteiger partial charge >= 0.3 is 5.97 Å². The molecule has 0 aromatic heterocycles. The molecule has 0 saturated carbocycles. The topological polar surface area (TPSA) is 57.6 Å². The van der Waals surface area contributed by atoms with Crippen LogP contribution in [0.3, 0.4) is 0 Å². The molecule has 19 heavy (non-hydrogen) atoms. The summed E-state index contributed by atoms with van der Waals surface area (Å²) in [6.07, 6.45) is 0.700. The lowest BCUT2D eigenvalue weighted by molar-refractivity contribution is -0.150. The molecule has 1 aromatic rings. The van der Waals surface area contributed by atoms with E-state index in [-0.39, 0.29) is 5.91 Å². The minimum absolute atomic E-state index is 0.000743. The maximum absolute atomic E-state index is 11.8. The van der Waals surface area contributed by atoms with E-state index in [4.69, 9.17) is 0 Å². The third-order valence-electron chi connectivity index (χ3n) is 3.72. The zero-order valence-electron chi connectivity index (χ0n) is 10.9. The predicted octanol–water partition coefficient (Wildman–Crippen LogP) is 2.75. The quantitative estimate of drug-likeness (QED) is 0.909. The molecule has 1 aromatic carbocycles. The minimum Gasteiger partial charge on any atom is -0.481 e. The zero-order valence-corrected chi connectivity index (χ0v) is 12.5. The van der Waals surface area contributed by atoms with E-state index < -0.39 is 17.9 Å². The fraction of sp³-hybridized carbons (Fsp3) is 0.429. The van der Waals surface area contributed by atoms with Crippen LogP contribution in [0.25, 0.3) is 0 Å². The van der Waals surface area contributed by atoms with Gasteiger partial charge in [-0.05, 0) is 30.5 Å². The summed E-state index contributed by atoms with van der Waals surface area (Å²) in [5, 5.41) is 9.35. The Labute approximate surface area is 120 Å².